The van der Waals surface area contributed by atoms with E-state index in [1.807, 2.05) is 12.1 Å². The van der Waals surface area contributed by atoms with Crippen LogP contribution in [-0.2, 0) is 4.74 Å². The molecule has 20 heavy (non-hydrogen) atoms. The smallest absolute Gasteiger partial charge is 0.253 e. The van der Waals surface area contributed by atoms with E-state index in [4.69, 9.17) is 10.5 Å². The van der Waals surface area contributed by atoms with Gasteiger partial charge < -0.3 is 20.3 Å². The van der Waals surface area contributed by atoms with Crippen LogP contribution >= 0.6 is 0 Å². The standard InChI is InChI=1S/C15H23N3O2/c1-17(2)15(19)12-4-5-13(16)14(8-12)18-7-6-11(9-18)10-20-3/h4-5,8,11H,6-7,9-10,16H2,1-3H3. The lowest BCUT2D eigenvalue weighted by atomic mass is 10.1. The van der Waals surface area contributed by atoms with Crippen LogP contribution in [0.15, 0.2) is 18.2 Å². The average Bonchev–Trinajstić information content (AvgIpc) is 2.87. The van der Waals surface area contributed by atoms with Crippen LogP contribution in [0, 0.1) is 5.92 Å². The summed E-state index contributed by atoms with van der Waals surface area (Å²) in [5, 5.41) is 0. The third-order valence-corrected chi connectivity index (χ3v) is 3.71. The van der Waals surface area contributed by atoms with Crippen LogP contribution < -0.4 is 10.6 Å². The van der Waals surface area contributed by atoms with Gasteiger partial charge in [-0.2, -0.15) is 0 Å². The van der Waals surface area contributed by atoms with E-state index < -0.39 is 0 Å². The van der Waals surface area contributed by atoms with E-state index in [9.17, 15) is 4.79 Å². The molecule has 0 radical (unpaired) electrons. The summed E-state index contributed by atoms with van der Waals surface area (Å²) in [6.07, 6.45) is 1.10. The Bertz CT molecular complexity index is 488. The Morgan fingerprint density at radius 1 is 1.50 bits per heavy atom. The highest BCUT2D eigenvalue weighted by molar-refractivity contribution is 5.96. The number of hydrogen-bond donors (Lipinski definition) is 1. The maximum atomic E-state index is 12.0. The Morgan fingerprint density at radius 2 is 2.25 bits per heavy atom. The van der Waals surface area contributed by atoms with E-state index in [1.54, 1.807) is 32.2 Å². The number of rotatable bonds is 4. The number of anilines is 2. The van der Waals surface area contributed by atoms with Crippen LogP contribution in [0.2, 0.25) is 0 Å². The molecule has 2 rings (SSSR count). The maximum absolute atomic E-state index is 12.0. The number of nitrogen functional groups attached to an aromatic ring is 1. The largest absolute Gasteiger partial charge is 0.397 e. The summed E-state index contributed by atoms with van der Waals surface area (Å²) in [6, 6.07) is 5.49. The van der Waals surface area contributed by atoms with E-state index in [0.717, 1.165) is 37.5 Å². The van der Waals surface area contributed by atoms with Gasteiger partial charge in [0.2, 0.25) is 0 Å². The van der Waals surface area contributed by atoms with Crippen LogP contribution in [0.5, 0.6) is 0 Å². The van der Waals surface area contributed by atoms with Crippen molar-refractivity contribution >= 4 is 17.3 Å². The summed E-state index contributed by atoms with van der Waals surface area (Å²) in [6.45, 7) is 2.65. The van der Waals surface area contributed by atoms with Gasteiger partial charge in [-0.1, -0.05) is 0 Å². The zero-order valence-corrected chi connectivity index (χ0v) is 12.4. The number of nitrogens with zero attached hydrogens (tertiary/aromatic N) is 2. The molecule has 2 N–H and O–H groups in total. The predicted molar refractivity (Wildman–Crippen MR) is 81.1 cm³/mol. The Morgan fingerprint density at radius 3 is 2.90 bits per heavy atom. The fourth-order valence-electron chi connectivity index (χ4n) is 2.63. The summed E-state index contributed by atoms with van der Waals surface area (Å²) in [7, 11) is 5.24. The SMILES string of the molecule is COCC1CCN(c2cc(C(=O)N(C)C)ccc2N)C1. The van der Waals surface area contributed by atoms with Crippen molar-refractivity contribution < 1.29 is 9.53 Å². The summed E-state index contributed by atoms with van der Waals surface area (Å²) in [4.78, 5) is 15.9. The number of hydrogen-bond acceptors (Lipinski definition) is 4. The van der Waals surface area contributed by atoms with E-state index >= 15 is 0 Å². The summed E-state index contributed by atoms with van der Waals surface area (Å²) >= 11 is 0. The van der Waals surface area contributed by atoms with Gasteiger partial charge in [0.25, 0.3) is 5.91 Å². The molecule has 1 heterocycles. The van der Waals surface area contributed by atoms with Gasteiger partial charge in [0.1, 0.15) is 0 Å². The minimum atomic E-state index is -0.00103. The van der Waals surface area contributed by atoms with Crippen molar-refractivity contribution in [3.63, 3.8) is 0 Å². The number of ether oxygens (including phenoxy) is 1. The molecule has 1 aromatic carbocycles. The molecule has 1 aromatic rings. The lowest BCUT2D eigenvalue weighted by molar-refractivity contribution is 0.0827. The van der Waals surface area contributed by atoms with Gasteiger partial charge >= 0.3 is 0 Å². The predicted octanol–water partition coefficient (Wildman–Crippen LogP) is 1.44. The molecule has 1 unspecified atom stereocenters. The topological polar surface area (TPSA) is 58.8 Å². The number of amides is 1. The van der Waals surface area contributed by atoms with Crippen molar-refractivity contribution in [2.24, 2.45) is 5.92 Å². The van der Waals surface area contributed by atoms with Crippen molar-refractivity contribution in [3.8, 4) is 0 Å². The monoisotopic (exact) mass is 277 g/mol. The molecule has 0 aromatic heterocycles. The molecule has 5 nitrogen and oxygen atoms in total. The second-order valence-electron chi connectivity index (χ2n) is 5.53. The van der Waals surface area contributed by atoms with Gasteiger partial charge in [0.05, 0.1) is 18.0 Å². The molecular formula is C15H23N3O2. The zero-order chi connectivity index (χ0) is 14.7. The molecule has 1 saturated heterocycles. The normalized spacial score (nSPS) is 18.4. The summed E-state index contributed by atoms with van der Waals surface area (Å²) in [5.41, 5.74) is 8.42. The summed E-state index contributed by atoms with van der Waals surface area (Å²) in [5.74, 6) is 0.534. The third-order valence-electron chi connectivity index (χ3n) is 3.71. The van der Waals surface area contributed by atoms with Crippen LogP contribution in [0.3, 0.4) is 0 Å². The number of carbonyl (C=O) groups excluding carboxylic acids is 1. The first-order valence-electron chi connectivity index (χ1n) is 6.88. The highest BCUT2D eigenvalue weighted by Crippen LogP contribution is 2.30. The van der Waals surface area contributed by atoms with Gasteiger partial charge in [-0.25, -0.2) is 0 Å². The van der Waals surface area contributed by atoms with Crippen molar-refractivity contribution in [1.82, 2.24) is 4.90 Å². The molecule has 1 fully saturated rings. The number of methoxy groups -OCH3 is 1. The average molecular weight is 277 g/mol. The Kier molecular flexibility index (Phi) is 4.49. The first-order chi connectivity index (χ1) is 9.52. The van der Waals surface area contributed by atoms with Crippen LogP contribution in [0.25, 0.3) is 0 Å². The van der Waals surface area contributed by atoms with E-state index in [2.05, 4.69) is 4.90 Å². The third kappa shape index (κ3) is 3.04. The second kappa shape index (κ2) is 6.13. The van der Waals surface area contributed by atoms with Gasteiger partial charge in [-0.15, -0.1) is 0 Å². The molecule has 1 aliphatic rings. The molecule has 1 amide bonds. The number of benzene rings is 1. The highest BCUT2D eigenvalue weighted by atomic mass is 16.5. The minimum absolute atomic E-state index is 0.00103. The molecular weight excluding hydrogens is 254 g/mol. The Labute approximate surface area is 120 Å². The molecule has 0 aliphatic carbocycles. The van der Waals surface area contributed by atoms with E-state index in [0.29, 0.717) is 11.5 Å². The van der Waals surface area contributed by atoms with Crippen LogP contribution in [0.1, 0.15) is 16.8 Å². The van der Waals surface area contributed by atoms with Crippen molar-refractivity contribution in [1.29, 1.82) is 0 Å². The zero-order valence-electron chi connectivity index (χ0n) is 12.4. The highest BCUT2D eigenvalue weighted by Gasteiger charge is 2.24. The maximum Gasteiger partial charge on any atom is 0.253 e. The van der Waals surface area contributed by atoms with Crippen LogP contribution in [-0.4, -0.2) is 51.7 Å². The first kappa shape index (κ1) is 14.7. The van der Waals surface area contributed by atoms with Gasteiger partial charge in [0, 0.05) is 45.8 Å². The molecule has 1 aliphatic heterocycles. The van der Waals surface area contributed by atoms with E-state index in [1.165, 1.54) is 0 Å². The fourth-order valence-corrected chi connectivity index (χ4v) is 2.63. The molecule has 1 atom stereocenters. The Hall–Kier alpha value is -1.75. The van der Waals surface area contributed by atoms with E-state index in [-0.39, 0.29) is 5.91 Å². The quantitative estimate of drug-likeness (QED) is 0.846. The van der Waals surface area contributed by atoms with Crippen molar-refractivity contribution in [2.45, 2.75) is 6.42 Å². The second-order valence-corrected chi connectivity index (χ2v) is 5.53. The molecule has 5 heteroatoms. The van der Waals surface area contributed by atoms with Gasteiger partial charge in [0.15, 0.2) is 0 Å². The minimum Gasteiger partial charge on any atom is -0.397 e. The lowest BCUT2D eigenvalue weighted by Crippen LogP contribution is -2.24. The van der Waals surface area contributed by atoms with Crippen molar-refractivity contribution in [2.75, 3.05) is 51.5 Å². The van der Waals surface area contributed by atoms with Crippen LogP contribution in [0.4, 0.5) is 11.4 Å². The number of carbonyl (C=O) groups is 1. The lowest BCUT2D eigenvalue weighted by Gasteiger charge is -2.22. The molecule has 0 bridgehead atoms. The number of nitrogens with two attached hydrogens (primary N) is 1. The van der Waals surface area contributed by atoms with Gasteiger partial charge in [-0.05, 0) is 24.6 Å². The molecule has 0 saturated carbocycles. The van der Waals surface area contributed by atoms with Gasteiger partial charge in [-0.3, -0.25) is 4.79 Å². The molecule has 110 valence electrons. The fraction of sp³-hybridized carbons (Fsp3) is 0.533. The Balaban J connectivity index is 2.19. The molecule has 0 spiro atoms. The van der Waals surface area contributed by atoms with Crippen molar-refractivity contribution in [3.05, 3.63) is 23.8 Å². The first-order valence-corrected chi connectivity index (χ1v) is 6.88. The summed E-state index contributed by atoms with van der Waals surface area (Å²) < 4.78 is 5.21.